The normalized spacial score (nSPS) is 32.9. The number of carbonyl (C=O) groups excluding carboxylic acids is 1. The van der Waals surface area contributed by atoms with Gasteiger partial charge in [0.2, 0.25) is 10.0 Å². The van der Waals surface area contributed by atoms with Crippen molar-refractivity contribution in [2.75, 3.05) is 20.1 Å². The van der Waals surface area contributed by atoms with Crippen molar-refractivity contribution < 1.29 is 27.8 Å². The van der Waals surface area contributed by atoms with Crippen LogP contribution < -0.4 is 4.74 Å². The molecule has 5 aliphatic rings. The molecule has 2 aromatic carbocycles. The monoisotopic (exact) mass is 552 g/mol. The van der Waals surface area contributed by atoms with E-state index in [1.54, 1.807) is 13.1 Å². The van der Waals surface area contributed by atoms with Crippen LogP contribution in [0.3, 0.4) is 0 Å². The smallest absolute Gasteiger partial charge is 0.303 e. The second-order valence-electron chi connectivity index (χ2n) is 12.2. The molecule has 0 unspecified atom stereocenters. The standard InChI is InChI=1S/C30H36N2O6S/c1-19(33)38-30-13-12-23(31(2)39(35,36)18-21-6-4-3-5-7-21)28-29(30)14-15-32(17-20-8-9-20)25(30)16-22-10-11-24(34)27(37-28)26(22)29/h3-7,10-11,20,23,25,28,34H,8-9,12-18H2,1-2H3/t23-,25-,28+,29+,30-/m1/s1. The summed E-state index contributed by atoms with van der Waals surface area (Å²) in [5.41, 5.74) is 1.19. The third kappa shape index (κ3) is 3.62. The topological polar surface area (TPSA) is 96.4 Å². The lowest BCUT2D eigenvalue weighted by Crippen LogP contribution is -2.79. The molecule has 208 valence electrons. The van der Waals surface area contributed by atoms with Crippen molar-refractivity contribution in [3.8, 4) is 11.5 Å². The second kappa shape index (κ2) is 8.69. The molecule has 1 N–H and O–H groups in total. The molecule has 8 nitrogen and oxygen atoms in total. The first-order valence-electron chi connectivity index (χ1n) is 14.1. The maximum atomic E-state index is 13.7. The summed E-state index contributed by atoms with van der Waals surface area (Å²) < 4.78 is 42.1. The largest absolute Gasteiger partial charge is 0.504 e. The van der Waals surface area contributed by atoms with Crippen LogP contribution in [0.1, 0.15) is 55.7 Å². The third-order valence-corrected chi connectivity index (χ3v) is 12.0. The second-order valence-corrected chi connectivity index (χ2v) is 14.2. The van der Waals surface area contributed by atoms with Gasteiger partial charge in [-0.25, -0.2) is 8.42 Å². The van der Waals surface area contributed by atoms with Gasteiger partial charge >= 0.3 is 5.97 Å². The van der Waals surface area contributed by atoms with E-state index in [4.69, 9.17) is 9.47 Å². The van der Waals surface area contributed by atoms with Gasteiger partial charge in [-0.15, -0.1) is 0 Å². The molecule has 0 aromatic heterocycles. The third-order valence-electron chi connectivity index (χ3n) is 10.1. The first kappa shape index (κ1) is 25.4. The van der Waals surface area contributed by atoms with E-state index in [-0.39, 0.29) is 23.5 Å². The van der Waals surface area contributed by atoms with Crippen molar-refractivity contribution in [2.45, 2.75) is 80.4 Å². The van der Waals surface area contributed by atoms with E-state index in [9.17, 15) is 18.3 Å². The molecule has 9 heteroatoms. The fourth-order valence-corrected chi connectivity index (χ4v) is 9.80. The van der Waals surface area contributed by atoms with Crippen molar-refractivity contribution in [3.63, 3.8) is 0 Å². The number of carbonyl (C=O) groups is 1. The molecule has 0 radical (unpaired) electrons. The van der Waals surface area contributed by atoms with E-state index in [1.807, 2.05) is 36.4 Å². The molecule has 7 rings (SSSR count). The van der Waals surface area contributed by atoms with E-state index < -0.39 is 33.2 Å². The molecular weight excluding hydrogens is 516 g/mol. The van der Waals surface area contributed by atoms with Gasteiger partial charge in [-0.1, -0.05) is 36.4 Å². The van der Waals surface area contributed by atoms with Crippen LogP contribution >= 0.6 is 0 Å². The first-order chi connectivity index (χ1) is 18.7. The van der Waals surface area contributed by atoms with Gasteiger partial charge in [0, 0.05) is 26.1 Å². The average Bonchev–Trinajstić information content (AvgIpc) is 3.64. The summed E-state index contributed by atoms with van der Waals surface area (Å²) in [6.45, 7) is 3.29. The van der Waals surface area contributed by atoms with Crippen LogP contribution in [-0.2, 0) is 37.1 Å². The number of phenols is 1. The number of piperidine rings is 1. The van der Waals surface area contributed by atoms with E-state index in [2.05, 4.69) is 4.90 Å². The molecule has 5 atom stereocenters. The number of likely N-dealkylation sites (N-methyl/N-ethyl adjacent to an activating group) is 1. The molecule has 2 aliphatic heterocycles. The molecule has 3 fully saturated rings. The lowest BCUT2D eigenvalue weighted by atomic mass is 9.48. The molecule has 1 spiro atoms. The molecule has 1 saturated heterocycles. The van der Waals surface area contributed by atoms with Crippen molar-refractivity contribution >= 4 is 16.0 Å². The quantitative estimate of drug-likeness (QED) is 0.527. The summed E-state index contributed by atoms with van der Waals surface area (Å²) in [6.07, 6.45) is 4.34. The van der Waals surface area contributed by atoms with Crippen LogP contribution in [0.2, 0.25) is 0 Å². The lowest BCUT2D eigenvalue weighted by Gasteiger charge is -2.65. The molecule has 39 heavy (non-hydrogen) atoms. The highest BCUT2D eigenvalue weighted by Gasteiger charge is 2.75. The van der Waals surface area contributed by atoms with E-state index >= 15 is 0 Å². The summed E-state index contributed by atoms with van der Waals surface area (Å²) in [4.78, 5) is 15.3. The number of ether oxygens (including phenoxy) is 2. The zero-order valence-corrected chi connectivity index (χ0v) is 23.3. The van der Waals surface area contributed by atoms with Gasteiger partial charge in [-0.05, 0) is 68.2 Å². The summed E-state index contributed by atoms with van der Waals surface area (Å²) in [5, 5.41) is 11.0. The van der Waals surface area contributed by atoms with Gasteiger partial charge in [-0.3, -0.25) is 9.69 Å². The van der Waals surface area contributed by atoms with Crippen LogP contribution in [0.25, 0.3) is 0 Å². The number of likely N-dealkylation sites (tertiary alicyclic amines) is 1. The maximum Gasteiger partial charge on any atom is 0.303 e. The van der Waals surface area contributed by atoms with Crippen LogP contribution in [0, 0.1) is 5.92 Å². The molecule has 2 bridgehead atoms. The van der Waals surface area contributed by atoms with Gasteiger partial charge in [0.05, 0.1) is 23.3 Å². The number of esters is 1. The highest BCUT2D eigenvalue weighted by atomic mass is 32.2. The van der Waals surface area contributed by atoms with Crippen molar-refractivity contribution in [2.24, 2.45) is 5.92 Å². The molecule has 3 aliphatic carbocycles. The predicted molar refractivity (Wildman–Crippen MR) is 145 cm³/mol. The van der Waals surface area contributed by atoms with Gasteiger partial charge in [-0.2, -0.15) is 4.31 Å². The minimum atomic E-state index is -3.68. The highest BCUT2D eigenvalue weighted by molar-refractivity contribution is 7.88. The number of aromatic hydroxyl groups is 1. The van der Waals surface area contributed by atoms with Crippen molar-refractivity contribution in [1.82, 2.24) is 9.21 Å². The molecule has 2 saturated carbocycles. The van der Waals surface area contributed by atoms with E-state index in [0.29, 0.717) is 37.4 Å². The van der Waals surface area contributed by atoms with E-state index in [0.717, 1.165) is 29.8 Å². The van der Waals surface area contributed by atoms with Gasteiger partial charge < -0.3 is 14.6 Å². The Morgan fingerprint density at radius 3 is 2.64 bits per heavy atom. The Labute approximate surface area is 229 Å². The van der Waals surface area contributed by atoms with Crippen LogP contribution in [0.15, 0.2) is 42.5 Å². The number of phenolic OH excluding ortho intramolecular Hbond substituents is 1. The van der Waals surface area contributed by atoms with Gasteiger partial charge in [0.15, 0.2) is 11.5 Å². The average molecular weight is 553 g/mol. The Hall–Kier alpha value is -2.62. The van der Waals surface area contributed by atoms with Crippen LogP contribution in [0.4, 0.5) is 0 Å². The lowest BCUT2D eigenvalue weighted by molar-refractivity contribution is -0.221. The van der Waals surface area contributed by atoms with E-state index in [1.165, 1.54) is 24.1 Å². The van der Waals surface area contributed by atoms with Crippen LogP contribution in [-0.4, -0.2) is 72.6 Å². The summed E-state index contributed by atoms with van der Waals surface area (Å²) in [6, 6.07) is 12.4. The number of sulfonamides is 1. The Bertz CT molecular complexity index is 1430. The number of hydrogen-bond donors (Lipinski definition) is 1. The maximum absolute atomic E-state index is 13.7. The molecule has 2 aromatic rings. The first-order valence-corrected chi connectivity index (χ1v) is 15.7. The number of rotatable bonds is 7. The number of benzene rings is 2. The minimum absolute atomic E-state index is 0.0166. The summed E-state index contributed by atoms with van der Waals surface area (Å²) in [5.74, 6) is 0.751. The highest BCUT2D eigenvalue weighted by Crippen LogP contribution is 2.67. The number of nitrogens with zero attached hydrogens (tertiary/aromatic N) is 2. The Balaban J connectivity index is 1.34. The zero-order valence-electron chi connectivity index (χ0n) is 22.5. The fraction of sp³-hybridized carbons (Fsp3) is 0.567. The van der Waals surface area contributed by atoms with Gasteiger partial charge in [0.1, 0.15) is 11.7 Å². The Kier molecular flexibility index (Phi) is 5.65. The van der Waals surface area contributed by atoms with Crippen molar-refractivity contribution in [3.05, 3.63) is 59.2 Å². The van der Waals surface area contributed by atoms with Gasteiger partial charge in [0.25, 0.3) is 0 Å². The molecule has 2 heterocycles. The Morgan fingerprint density at radius 1 is 1.15 bits per heavy atom. The zero-order chi connectivity index (χ0) is 27.2. The molecule has 0 amide bonds. The van der Waals surface area contributed by atoms with Crippen LogP contribution in [0.5, 0.6) is 11.5 Å². The molecular formula is C30H36N2O6S. The fourth-order valence-electron chi connectivity index (χ4n) is 8.36. The number of hydrogen-bond acceptors (Lipinski definition) is 7. The minimum Gasteiger partial charge on any atom is -0.504 e. The summed E-state index contributed by atoms with van der Waals surface area (Å²) in [7, 11) is -2.03. The van der Waals surface area contributed by atoms with Crippen molar-refractivity contribution in [1.29, 1.82) is 0 Å². The Morgan fingerprint density at radius 2 is 1.92 bits per heavy atom. The summed E-state index contributed by atoms with van der Waals surface area (Å²) >= 11 is 0. The predicted octanol–water partition coefficient (Wildman–Crippen LogP) is 3.36. The SMILES string of the molecule is CC(=O)O[C@@]12CC[C@@H](N(C)S(=O)(=O)Cc3ccccc3)[C@@H]3Oc4c(O)ccc5c4[C@@]31CCN(CC1CC1)[C@@H]2C5.